The van der Waals surface area contributed by atoms with Crippen LogP contribution in [0.25, 0.3) is 0 Å². The second kappa shape index (κ2) is 5.62. The Kier molecular flexibility index (Phi) is 4.33. The van der Waals surface area contributed by atoms with Gasteiger partial charge in [0.2, 0.25) is 0 Å². The van der Waals surface area contributed by atoms with Crippen molar-refractivity contribution in [3.05, 3.63) is 11.8 Å². The van der Waals surface area contributed by atoms with Crippen LogP contribution in [-0.2, 0) is 9.47 Å². The van der Waals surface area contributed by atoms with Crippen molar-refractivity contribution >= 4 is 0 Å². The Morgan fingerprint density at radius 1 is 1.39 bits per heavy atom. The molecule has 0 aromatic heterocycles. The van der Waals surface area contributed by atoms with Crippen LogP contribution >= 0.6 is 0 Å². The van der Waals surface area contributed by atoms with Gasteiger partial charge in [-0.05, 0) is 46.7 Å². The van der Waals surface area contributed by atoms with Gasteiger partial charge in [0.05, 0.1) is 18.0 Å². The molecule has 2 rings (SSSR count). The monoisotopic (exact) mass is 253 g/mol. The van der Waals surface area contributed by atoms with Crippen LogP contribution in [0.5, 0.6) is 0 Å². The van der Waals surface area contributed by atoms with E-state index in [-0.39, 0.29) is 5.60 Å². The Morgan fingerprint density at radius 2 is 2.06 bits per heavy atom. The number of ether oxygens (including phenoxy) is 2. The molecular weight excluding hydrogens is 226 g/mol. The average Bonchev–Trinajstić information content (AvgIpc) is 2.32. The molecule has 2 heterocycles. The zero-order valence-electron chi connectivity index (χ0n) is 12.2. The quantitative estimate of drug-likeness (QED) is 0.755. The number of nitrogens with zero attached hydrogens (tertiary/aromatic N) is 1. The lowest BCUT2D eigenvalue weighted by atomic mass is 9.82. The molecule has 0 saturated carbocycles. The van der Waals surface area contributed by atoms with Crippen LogP contribution in [0.2, 0.25) is 0 Å². The van der Waals surface area contributed by atoms with Crippen molar-refractivity contribution < 1.29 is 9.47 Å². The molecule has 0 aromatic carbocycles. The van der Waals surface area contributed by atoms with Crippen molar-refractivity contribution in [2.75, 3.05) is 20.1 Å². The smallest absolute Gasteiger partial charge is 0.113 e. The average molecular weight is 253 g/mol. The van der Waals surface area contributed by atoms with Gasteiger partial charge in [-0.3, -0.25) is 0 Å². The molecule has 2 aliphatic rings. The summed E-state index contributed by atoms with van der Waals surface area (Å²) >= 11 is 0. The summed E-state index contributed by atoms with van der Waals surface area (Å²) in [4.78, 5) is 2.39. The number of allylic oxidation sites excluding steroid dienone is 1. The second-order valence-electron chi connectivity index (χ2n) is 6.06. The predicted octanol–water partition coefficient (Wildman–Crippen LogP) is 2.96. The lowest BCUT2D eigenvalue weighted by Gasteiger charge is -2.46. The number of likely N-dealkylation sites (tertiary alicyclic amines) is 1. The van der Waals surface area contributed by atoms with E-state index in [1.807, 2.05) is 0 Å². The molecular formula is C15H27NO2. The van der Waals surface area contributed by atoms with Crippen molar-refractivity contribution in [3.8, 4) is 0 Å². The van der Waals surface area contributed by atoms with Crippen molar-refractivity contribution in [1.82, 2.24) is 4.90 Å². The van der Waals surface area contributed by atoms with Crippen LogP contribution in [0.15, 0.2) is 11.8 Å². The maximum atomic E-state index is 6.28. The number of hydrogen-bond donors (Lipinski definition) is 0. The second-order valence-corrected chi connectivity index (χ2v) is 6.06. The third-order valence-electron chi connectivity index (χ3n) is 4.06. The van der Waals surface area contributed by atoms with Gasteiger partial charge in [-0.1, -0.05) is 0 Å². The molecule has 1 atom stereocenters. The maximum absolute atomic E-state index is 6.28. The van der Waals surface area contributed by atoms with Gasteiger partial charge < -0.3 is 14.4 Å². The summed E-state index contributed by atoms with van der Waals surface area (Å²) in [6.07, 6.45) is 6.97. The molecule has 3 nitrogen and oxygen atoms in total. The number of piperidine rings is 1. The van der Waals surface area contributed by atoms with Gasteiger partial charge in [-0.15, -0.1) is 0 Å². The fourth-order valence-corrected chi connectivity index (χ4v) is 3.06. The minimum absolute atomic E-state index is 0.0339. The third-order valence-corrected chi connectivity index (χ3v) is 4.06. The molecule has 104 valence electrons. The standard InChI is InChI=1S/C15H27NO2/c1-5-13-10-14(17-12(2)3)11-15(18-13)6-8-16(4)9-7-15/h5,12,14H,6-11H2,1-4H3/b13-5+. The van der Waals surface area contributed by atoms with E-state index in [0.29, 0.717) is 12.2 Å². The molecule has 1 unspecified atom stereocenters. The van der Waals surface area contributed by atoms with E-state index < -0.39 is 0 Å². The van der Waals surface area contributed by atoms with Crippen LogP contribution in [-0.4, -0.2) is 42.8 Å². The lowest BCUT2D eigenvalue weighted by molar-refractivity contribution is -0.131. The van der Waals surface area contributed by atoms with E-state index in [2.05, 4.69) is 38.8 Å². The summed E-state index contributed by atoms with van der Waals surface area (Å²) in [6, 6.07) is 0. The van der Waals surface area contributed by atoms with Crippen molar-refractivity contribution in [1.29, 1.82) is 0 Å². The van der Waals surface area contributed by atoms with E-state index >= 15 is 0 Å². The molecule has 0 aliphatic carbocycles. The highest BCUT2D eigenvalue weighted by Crippen LogP contribution is 2.40. The van der Waals surface area contributed by atoms with Crippen LogP contribution in [0.3, 0.4) is 0 Å². The summed E-state index contributed by atoms with van der Waals surface area (Å²) in [5, 5.41) is 0. The minimum Gasteiger partial charge on any atom is -0.492 e. The van der Waals surface area contributed by atoms with Crippen LogP contribution in [0.4, 0.5) is 0 Å². The van der Waals surface area contributed by atoms with Gasteiger partial charge in [-0.2, -0.15) is 0 Å². The molecule has 18 heavy (non-hydrogen) atoms. The molecule has 0 radical (unpaired) electrons. The van der Waals surface area contributed by atoms with Gasteiger partial charge in [-0.25, -0.2) is 0 Å². The van der Waals surface area contributed by atoms with E-state index in [1.54, 1.807) is 0 Å². The first-order valence-electron chi connectivity index (χ1n) is 7.21. The molecule has 0 bridgehead atoms. The Morgan fingerprint density at radius 3 is 2.61 bits per heavy atom. The maximum Gasteiger partial charge on any atom is 0.113 e. The zero-order chi connectivity index (χ0) is 13.2. The Hall–Kier alpha value is -0.540. The van der Waals surface area contributed by atoms with E-state index in [0.717, 1.165) is 44.5 Å². The highest BCUT2D eigenvalue weighted by molar-refractivity contribution is 5.05. The highest BCUT2D eigenvalue weighted by Gasteiger charge is 2.42. The lowest BCUT2D eigenvalue weighted by Crippen LogP contribution is -2.49. The normalized spacial score (nSPS) is 30.9. The van der Waals surface area contributed by atoms with Crippen molar-refractivity contribution in [2.24, 2.45) is 0 Å². The summed E-state index contributed by atoms with van der Waals surface area (Å²) in [5.74, 6) is 1.12. The largest absolute Gasteiger partial charge is 0.492 e. The molecule has 0 amide bonds. The molecule has 3 heteroatoms. The molecule has 2 fully saturated rings. The summed E-state index contributed by atoms with van der Waals surface area (Å²) in [6.45, 7) is 8.56. The Bertz CT molecular complexity index is 304. The highest BCUT2D eigenvalue weighted by atomic mass is 16.5. The number of rotatable bonds is 2. The fourth-order valence-electron chi connectivity index (χ4n) is 3.06. The first kappa shape index (κ1) is 13.9. The van der Waals surface area contributed by atoms with Gasteiger partial charge >= 0.3 is 0 Å². The molecule has 2 aliphatic heterocycles. The summed E-state index contributed by atoms with van der Waals surface area (Å²) in [5.41, 5.74) is 0.0339. The molecule has 0 aromatic rings. The van der Waals surface area contributed by atoms with E-state index in [4.69, 9.17) is 9.47 Å². The van der Waals surface area contributed by atoms with Crippen LogP contribution < -0.4 is 0 Å². The minimum atomic E-state index is 0.0339. The molecule has 0 N–H and O–H groups in total. The van der Waals surface area contributed by atoms with Crippen molar-refractivity contribution in [2.45, 2.75) is 64.3 Å². The summed E-state index contributed by atoms with van der Waals surface area (Å²) < 4.78 is 12.3. The van der Waals surface area contributed by atoms with Gasteiger partial charge in [0, 0.05) is 25.9 Å². The zero-order valence-corrected chi connectivity index (χ0v) is 12.2. The fraction of sp³-hybridized carbons (Fsp3) is 0.867. The first-order chi connectivity index (χ1) is 8.53. The van der Waals surface area contributed by atoms with E-state index in [1.165, 1.54) is 0 Å². The first-order valence-corrected chi connectivity index (χ1v) is 7.21. The van der Waals surface area contributed by atoms with Gasteiger partial charge in [0.25, 0.3) is 0 Å². The SMILES string of the molecule is C/C=C1\CC(OC(C)C)CC2(CCN(C)CC2)O1. The van der Waals surface area contributed by atoms with Crippen LogP contribution in [0, 0.1) is 0 Å². The molecule has 2 saturated heterocycles. The third kappa shape index (κ3) is 3.27. The predicted molar refractivity (Wildman–Crippen MR) is 73.5 cm³/mol. The van der Waals surface area contributed by atoms with Crippen molar-refractivity contribution in [3.63, 3.8) is 0 Å². The van der Waals surface area contributed by atoms with Crippen LogP contribution in [0.1, 0.15) is 46.5 Å². The van der Waals surface area contributed by atoms with Gasteiger partial charge in [0.15, 0.2) is 0 Å². The number of hydrogen-bond acceptors (Lipinski definition) is 3. The van der Waals surface area contributed by atoms with Gasteiger partial charge in [0.1, 0.15) is 5.60 Å². The topological polar surface area (TPSA) is 21.7 Å². The summed E-state index contributed by atoms with van der Waals surface area (Å²) in [7, 11) is 2.19. The molecule has 1 spiro atoms. The Labute approximate surface area is 111 Å². The van der Waals surface area contributed by atoms with E-state index in [9.17, 15) is 0 Å². The Balaban J connectivity index is 2.06.